The molecule has 0 unspecified atom stereocenters. The van der Waals surface area contributed by atoms with E-state index in [-0.39, 0.29) is 22.7 Å². The molecule has 1 heterocycles. The molecule has 0 aromatic heterocycles. The molecule has 1 aliphatic rings. The van der Waals surface area contributed by atoms with Crippen molar-refractivity contribution < 1.29 is 13.2 Å². The maximum atomic E-state index is 13.3. The molecule has 27 heavy (non-hydrogen) atoms. The number of halogens is 2. The van der Waals surface area contributed by atoms with Crippen LogP contribution in [0.2, 0.25) is 10.0 Å². The van der Waals surface area contributed by atoms with Crippen molar-refractivity contribution in [2.45, 2.75) is 32.4 Å². The SMILES string of the molecule is C[C@H]1Cc2ccccc2N1C(=O)[C@H](C)N(c1cc(Cl)ccc1Cl)S(C)(=O)=O. The minimum absolute atomic E-state index is 0.0615. The van der Waals surface area contributed by atoms with Gasteiger partial charge in [-0.25, -0.2) is 8.42 Å². The molecule has 0 spiro atoms. The number of para-hydroxylation sites is 1. The average molecular weight is 427 g/mol. The lowest BCUT2D eigenvalue weighted by molar-refractivity contribution is -0.119. The lowest BCUT2D eigenvalue weighted by Gasteiger charge is -2.33. The average Bonchev–Trinajstić information content (AvgIpc) is 2.92. The van der Waals surface area contributed by atoms with E-state index in [0.717, 1.165) is 28.2 Å². The summed E-state index contributed by atoms with van der Waals surface area (Å²) in [7, 11) is -3.78. The van der Waals surface area contributed by atoms with Crippen LogP contribution in [0.5, 0.6) is 0 Å². The van der Waals surface area contributed by atoms with E-state index in [4.69, 9.17) is 23.2 Å². The quantitative estimate of drug-likeness (QED) is 0.738. The summed E-state index contributed by atoms with van der Waals surface area (Å²) >= 11 is 12.3. The Morgan fingerprint density at radius 3 is 2.56 bits per heavy atom. The highest BCUT2D eigenvalue weighted by atomic mass is 35.5. The Hall–Kier alpha value is -1.76. The van der Waals surface area contributed by atoms with E-state index >= 15 is 0 Å². The molecular weight excluding hydrogens is 407 g/mol. The summed E-state index contributed by atoms with van der Waals surface area (Å²) in [5.74, 6) is -0.311. The number of rotatable bonds is 4. The summed E-state index contributed by atoms with van der Waals surface area (Å²) in [6.45, 7) is 3.51. The third kappa shape index (κ3) is 3.79. The van der Waals surface area contributed by atoms with Gasteiger partial charge in [0.25, 0.3) is 5.91 Å². The van der Waals surface area contributed by atoms with Crippen LogP contribution in [-0.4, -0.2) is 32.7 Å². The topological polar surface area (TPSA) is 57.7 Å². The van der Waals surface area contributed by atoms with Crippen molar-refractivity contribution in [3.8, 4) is 0 Å². The van der Waals surface area contributed by atoms with Crippen LogP contribution in [0.3, 0.4) is 0 Å². The highest BCUT2D eigenvalue weighted by Gasteiger charge is 2.38. The van der Waals surface area contributed by atoms with Gasteiger partial charge in [0, 0.05) is 16.8 Å². The van der Waals surface area contributed by atoms with Crippen LogP contribution in [-0.2, 0) is 21.2 Å². The molecule has 1 aliphatic heterocycles. The van der Waals surface area contributed by atoms with Gasteiger partial charge in [-0.2, -0.15) is 0 Å². The maximum absolute atomic E-state index is 13.3. The predicted molar refractivity (Wildman–Crippen MR) is 110 cm³/mol. The Kier molecular flexibility index (Phi) is 5.43. The van der Waals surface area contributed by atoms with Gasteiger partial charge in [-0.05, 0) is 50.1 Å². The Labute approximate surface area is 169 Å². The van der Waals surface area contributed by atoms with E-state index in [1.54, 1.807) is 17.9 Å². The molecule has 1 amide bonds. The smallest absolute Gasteiger partial charge is 0.250 e. The molecule has 0 saturated heterocycles. The van der Waals surface area contributed by atoms with Gasteiger partial charge in [-0.1, -0.05) is 41.4 Å². The Morgan fingerprint density at radius 1 is 1.22 bits per heavy atom. The molecule has 0 saturated carbocycles. The van der Waals surface area contributed by atoms with E-state index in [0.29, 0.717) is 5.02 Å². The maximum Gasteiger partial charge on any atom is 0.250 e. The predicted octanol–water partition coefficient (Wildman–Crippen LogP) is 4.13. The number of carbonyl (C=O) groups is 1. The monoisotopic (exact) mass is 426 g/mol. The number of sulfonamides is 1. The zero-order chi connectivity index (χ0) is 19.9. The van der Waals surface area contributed by atoms with E-state index in [1.807, 2.05) is 31.2 Å². The molecule has 5 nitrogen and oxygen atoms in total. The van der Waals surface area contributed by atoms with Crippen LogP contribution < -0.4 is 9.21 Å². The molecule has 2 atom stereocenters. The zero-order valence-electron chi connectivity index (χ0n) is 15.2. The zero-order valence-corrected chi connectivity index (χ0v) is 17.5. The molecule has 0 radical (unpaired) electrons. The fourth-order valence-electron chi connectivity index (χ4n) is 3.53. The molecule has 2 aromatic rings. The number of hydrogen-bond donors (Lipinski definition) is 0. The van der Waals surface area contributed by atoms with Gasteiger partial charge in [-0.3, -0.25) is 9.10 Å². The first-order valence-electron chi connectivity index (χ1n) is 8.46. The molecular formula is C19H20Cl2N2O3S. The number of nitrogens with zero attached hydrogens (tertiary/aromatic N) is 2. The minimum atomic E-state index is -3.78. The second-order valence-electron chi connectivity index (χ2n) is 6.72. The standard InChI is InChI=1S/C19H20Cl2N2O3S/c1-12-10-14-6-4-5-7-17(14)22(12)19(24)13(2)23(27(3,25)26)18-11-15(20)8-9-16(18)21/h4-9,11-13H,10H2,1-3H3/t12-,13-/m0/s1. The second kappa shape index (κ2) is 7.34. The number of anilines is 2. The lowest BCUT2D eigenvalue weighted by atomic mass is 10.1. The van der Waals surface area contributed by atoms with Crippen LogP contribution >= 0.6 is 23.2 Å². The van der Waals surface area contributed by atoms with Crippen molar-refractivity contribution in [2.24, 2.45) is 0 Å². The number of carbonyl (C=O) groups excluding carboxylic acids is 1. The van der Waals surface area contributed by atoms with Gasteiger partial charge in [0.15, 0.2) is 0 Å². The van der Waals surface area contributed by atoms with Crippen LogP contribution in [0.4, 0.5) is 11.4 Å². The summed E-state index contributed by atoms with van der Waals surface area (Å²) in [6.07, 6.45) is 1.78. The number of hydrogen-bond acceptors (Lipinski definition) is 3. The molecule has 0 aliphatic carbocycles. The van der Waals surface area contributed by atoms with Gasteiger partial charge < -0.3 is 4.90 Å². The van der Waals surface area contributed by atoms with Crippen LogP contribution in [0.25, 0.3) is 0 Å². The summed E-state index contributed by atoms with van der Waals surface area (Å²) in [4.78, 5) is 15.0. The highest BCUT2D eigenvalue weighted by Crippen LogP contribution is 2.36. The van der Waals surface area contributed by atoms with Crippen molar-refractivity contribution in [2.75, 3.05) is 15.5 Å². The number of benzene rings is 2. The second-order valence-corrected chi connectivity index (χ2v) is 9.42. The summed E-state index contributed by atoms with van der Waals surface area (Å²) < 4.78 is 26.1. The van der Waals surface area contributed by atoms with Crippen LogP contribution in [0.1, 0.15) is 19.4 Å². The van der Waals surface area contributed by atoms with Gasteiger partial charge in [0.2, 0.25) is 10.0 Å². The van der Waals surface area contributed by atoms with E-state index in [9.17, 15) is 13.2 Å². The highest BCUT2D eigenvalue weighted by molar-refractivity contribution is 7.92. The van der Waals surface area contributed by atoms with E-state index < -0.39 is 16.1 Å². The molecule has 0 bridgehead atoms. The van der Waals surface area contributed by atoms with Crippen LogP contribution in [0.15, 0.2) is 42.5 Å². The molecule has 3 rings (SSSR count). The first-order valence-corrected chi connectivity index (χ1v) is 11.1. The van der Waals surface area contributed by atoms with E-state index in [1.165, 1.54) is 12.1 Å². The number of amides is 1. The van der Waals surface area contributed by atoms with Crippen molar-refractivity contribution in [1.29, 1.82) is 0 Å². The Morgan fingerprint density at radius 2 is 1.89 bits per heavy atom. The third-order valence-electron chi connectivity index (χ3n) is 4.66. The summed E-state index contributed by atoms with van der Waals surface area (Å²) in [6, 6.07) is 11.1. The van der Waals surface area contributed by atoms with Gasteiger partial charge in [0.05, 0.1) is 17.0 Å². The Balaban J connectivity index is 2.04. The fraction of sp³-hybridized carbons (Fsp3) is 0.316. The minimum Gasteiger partial charge on any atom is -0.307 e. The van der Waals surface area contributed by atoms with Crippen molar-refractivity contribution in [3.63, 3.8) is 0 Å². The molecule has 144 valence electrons. The normalized spacial score (nSPS) is 17.5. The lowest BCUT2D eigenvalue weighted by Crippen LogP contribution is -2.51. The van der Waals surface area contributed by atoms with Gasteiger partial charge in [-0.15, -0.1) is 0 Å². The van der Waals surface area contributed by atoms with Crippen molar-refractivity contribution >= 4 is 50.5 Å². The van der Waals surface area contributed by atoms with Crippen molar-refractivity contribution in [1.82, 2.24) is 0 Å². The first-order chi connectivity index (χ1) is 12.6. The largest absolute Gasteiger partial charge is 0.307 e. The van der Waals surface area contributed by atoms with Crippen LogP contribution in [0, 0.1) is 0 Å². The first kappa shape index (κ1) is 20.0. The molecule has 8 heteroatoms. The summed E-state index contributed by atoms with van der Waals surface area (Å²) in [5.41, 5.74) is 2.07. The summed E-state index contributed by atoms with van der Waals surface area (Å²) in [5, 5.41) is 0.543. The molecule has 2 aromatic carbocycles. The molecule has 0 fully saturated rings. The fourth-order valence-corrected chi connectivity index (χ4v) is 5.13. The van der Waals surface area contributed by atoms with Crippen molar-refractivity contribution in [3.05, 3.63) is 58.1 Å². The van der Waals surface area contributed by atoms with Gasteiger partial charge in [0.1, 0.15) is 6.04 Å². The van der Waals surface area contributed by atoms with Gasteiger partial charge >= 0.3 is 0 Å². The Bertz CT molecular complexity index is 994. The number of fused-ring (bicyclic) bond motifs is 1. The third-order valence-corrected chi connectivity index (χ3v) is 6.44. The molecule has 0 N–H and O–H groups in total. The van der Waals surface area contributed by atoms with E-state index in [2.05, 4.69) is 0 Å².